The molecule has 0 aliphatic heterocycles. The number of hydrogen-bond acceptors (Lipinski definition) is 3. The van der Waals surface area contributed by atoms with Crippen LogP contribution in [0.15, 0.2) is 30.3 Å². The lowest BCUT2D eigenvalue weighted by atomic mass is 9.97. The number of nitrogens with zero attached hydrogens (tertiary/aromatic N) is 1. The monoisotopic (exact) mass is 260 g/mol. The van der Waals surface area contributed by atoms with Crippen LogP contribution in [0, 0.1) is 23.2 Å². The van der Waals surface area contributed by atoms with E-state index in [9.17, 15) is 4.79 Å². The van der Waals surface area contributed by atoms with Crippen LogP contribution in [-0.2, 0) is 4.79 Å². The molecule has 1 amide bonds. The van der Waals surface area contributed by atoms with Gasteiger partial charge in [-0.1, -0.05) is 32.0 Å². The topological polar surface area (TPSA) is 62.1 Å². The first-order valence-corrected chi connectivity index (χ1v) is 6.50. The van der Waals surface area contributed by atoms with Crippen LogP contribution in [-0.4, -0.2) is 19.1 Å². The smallest absolute Gasteiger partial charge is 0.237 e. The van der Waals surface area contributed by atoms with Crippen molar-refractivity contribution in [3.63, 3.8) is 0 Å². The number of hydrogen-bond donors (Lipinski definition) is 1. The number of amides is 1. The predicted molar refractivity (Wildman–Crippen MR) is 73.5 cm³/mol. The Morgan fingerprint density at radius 1 is 1.37 bits per heavy atom. The summed E-state index contributed by atoms with van der Waals surface area (Å²) in [5.74, 6) is 0.0868. The summed E-state index contributed by atoms with van der Waals surface area (Å²) < 4.78 is 5.51. The second-order valence-electron chi connectivity index (χ2n) is 4.66. The van der Waals surface area contributed by atoms with E-state index in [1.54, 1.807) is 0 Å². The van der Waals surface area contributed by atoms with Crippen molar-refractivity contribution in [1.29, 1.82) is 5.26 Å². The molecule has 1 rings (SSSR count). The molecule has 0 aromatic heterocycles. The maximum Gasteiger partial charge on any atom is 0.237 e. The second-order valence-corrected chi connectivity index (χ2v) is 4.66. The van der Waals surface area contributed by atoms with E-state index in [1.165, 1.54) is 0 Å². The Bertz CT molecular complexity index is 424. The second kappa shape index (κ2) is 8.15. The van der Waals surface area contributed by atoms with Crippen molar-refractivity contribution in [1.82, 2.24) is 5.32 Å². The van der Waals surface area contributed by atoms with Crippen LogP contribution >= 0.6 is 0 Å². The Kier molecular flexibility index (Phi) is 6.45. The molecule has 19 heavy (non-hydrogen) atoms. The number of nitrogens with one attached hydrogen (secondary N) is 1. The number of carbonyl (C=O) groups is 1. The van der Waals surface area contributed by atoms with Gasteiger partial charge in [0.25, 0.3) is 0 Å². The van der Waals surface area contributed by atoms with E-state index in [2.05, 4.69) is 5.32 Å². The van der Waals surface area contributed by atoms with Crippen LogP contribution in [0.5, 0.6) is 5.75 Å². The fourth-order valence-corrected chi connectivity index (χ4v) is 1.61. The Hall–Kier alpha value is -2.02. The number of rotatable bonds is 7. The van der Waals surface area contributed by atoms with Gasteiger partial charge in [-0.05, 0) is 24.5 Å². The van der Waals surface area contributed by atoms with Crippen molar-refractivity contribution in [3.05, 3.63) is 30.3 Å². The van der Waals surface area contributed by atoms with Crippen LogP contribution in [0.1, 0.15) is 20.3 Å². The normalized spacial score (nSPS) is 11.7. The van der Waals surface area contributed by atoms with Gasteiger partial charge in [-0.25, -0.2) is 0 Å². The van der Waals surface area contributed by atoms with Gasteiger partial charge in [0.15, 0.2) is 0 Å². The van der Waals surface area contributed by atoms with Gasteiger partial charge < -0.3 is 10.1 Å². The van der Waals surface area contributed by atoms with Gasteiger partial charge in [0.05, 0.1) is 12.7 Å². The molecule has 1 aromatic carbocycles. The molecule has 4 nitrogen and oxygen atoms in total. The van der Waals surface area contributed by atoms with Crippen molar-refractivity contribution in [2.75, 3.05) is 13.2 Å². The largest absolute Gasteiger partial charge is 0.494 e. The zero-order valence-corrected chi connectivity index (χ0v) is 11.4. The molecule has 0 saturated carbocycles. The molecule has 0 aliphatic carbocycles. The first kappa shape index (κ1) is 15.0. The Labute approximate surface area is 114 Å². The molecule has 0 aliphatic rings. The van der Waals surface area contributed by atoms with E-state index in [0.717, 1.165) is 12.2 Å². The lowest BCUT2D eigenvalue weighted by Crippen LogP contribution is -2.33. The molecule has 1 aromatic rings. The fraction of sp³-hybridized carbons (Fsp3) is 0.467. The Morgan fingerprint density at radius 2 is 2.05 bits per heavy atom. The van der Waals surface area contributed by atoms with Crippen LogP contribution in [0.2, 0.25) is 0 Å². The highest BCUT2D eigenvalue weighted by molar-refractivity contribution is 5.81. The average Bonchev–Trinajstić information content (AvgIpc) is 2.40. The summed E-state index contributed by atoms with van der Waals surface area (Å²) in [6.45, 7) is 4.80. The third-order valence-electron chi connectivity index (χ3n) is 2.72. The number of carbonyl (C=O) groups excluding carboxylic acids is 1. The molecule has 1 atom stereocenters. The predicted octanol–water partition coefficient (Wildman–Crippen LogP) is 2.37. The van der Waals surface area contributed by atoms with E-state index in [-0.39, 0.29) is 11.8 Å². The minimum absolute atomic E-state index is 0.0329. The zero-order chi connectivity index (χ0) is 14.1. The summed E-state index contributed by atoms with van der Waals surface area (Å²) >= 11 is 0. The lowest BCUT2D eigenvalue weighted by Gasteiger charge is -2.13. The molecule has 0 saturated heterocycles. The zero-order valence-electron chi connectivity index (χ0n) is 11.4. The van der Waals surface area contributed by atoms with E-state index < -0.39 is 5.92 Å². The summed E-state index contributed by atoms with van der Waals surface area (Å²) in [4.78, 5) is 11.7. The number of benzene rings is 1. The molecule has 0 spiro atoms. The van der Waals surface area contributed by atoms with Gasteiger partial charge in [-0.2, -0.15) is 5.26 Å². The summed E-state index contributed by atoms with van der Waals surface area (Å²) in [7, 11) is 0. The third kappa shape index (κ3) is 5.43. The van der Waals surface area contributed by atoms with E-state index >= 15 is 0 Å². The van der Waals surface area contributed by atoms with Crippen molar-refractivity contribution < 1.29 is 9.53 Å². The van der Waals surface area contributed by atoms with Crippen molar-refractivity contribution >= 4 is 5.91 Å². The molecular weight excluding hydrogens is 240 g/mol. The molecule has 4 heteroatoms. The number of nitriles is 1. The average molecular weight is 260 g/mol. The SMILES string of the molecule is CC(C)C(C#N)C(=O)NCCCOc1ccccc1. The summed E-state index contributed by atoms with van der Waals surface area (Å²) in [6, 6.07) is 11.6. The van der Waals surface area contributed by atoms with Gasteiger partial charge in [-0.3, -0.25) is 4.79 Å². The lowest BCUT2D eigenvalue weighted by molar-refractivity contribution is -0.124. The quantitative estimate of drug-likeness (QED) is 0.765. The molecule has 0 bridgehead atoms. The van der Waals surface area contributed by atoms with E-state index in [4.69, 9.17) is 10.00 Å². The van der Waals surface area contributed by atoms with Crippen molar-refractivity contribution in [3.8, 4) is 11.8 Å². The third-order valence-corrected chi connectivity index (χ3v) is 2.72. The van der Waals surface area contributed by atoms with E-state index in [1.807, 2.05) is 50.2 Å². The highest BCUT2D eigenvalue weighted by Gasteiger charge is 2.20. The number of para-hydroxylation sites is 1. The maximum atomic E-state index is 11.7. The molecule has 102 valence electrons. The fourth-order valence-electron chi connectivity index (χ4n) is 1.61. The highest BCUT2D eigenvalue weighted by atomic mass is 16.5. The minimum atomic E-state index is -0.574. The van der Waals surface area contributed by atoms with Gasteiger partial charge in [0.1, 0.15) is 11.7 Å². The van der Waals surface area contributed by atoms with Gasteiger partial charge in [0, 0.05) is 6.54 Å². The Morgan fingerprint density at radius 3 is 2.63 bits per heavy atom. The highest BCUT2D eigenvalue weighted by Crippen LogP contribution is 2.10. The van der Waals surface area contributed by atoms with Crippen molar-refractivity contribution in [2.45, 2.75) is 20.3 Å². The van der Waals surface area contributed by atoms with Gasteiger partial charge >= 0.3 is 0 Å². The summed E-state index contributed by atoms with van der Waals surface area (Å²) in [6.07, 6.45) is 0.719. The molecule has 1 N–H and O–H groups in total. The van der Waals surface area contributed by atoms with Gasteiger partial charge in [-0.15, -0.1) is 0 Å². The van der Waals surface area contributed by atoms with Crippen LogP contribution < -0.4 is 10.1 Å². The molecule has 0 fully saturated rings. The first-order chi connectivity index (χ1) is 9.15. The minimum Gasteiger partial charge on any atom is -0.494 e. The summed E-state index contributed by atoms with van der Waals surface area (Å²) in [5.41, 5.74) is 0. The van der Waals surface area contributed by atoms with Crippen molar-refractivity contribution in [2.24, 2.45) is 11.8 Å². The van der Waals surface area contributed by atoms with Crippen LogP contribution in [0.3, 0.4) is 0 Å². The maximum absolute atomic E-state index is 11.7. The molecule has 1 unspecified atom stereocenters. The van der Waals surface area contributed by atoms with Crippen LogP contribution in [0.25, 0.3) is 0 Å². The van der Waals surface area contributed by atoms with Crippen LogP contribution in [0.4, 0.5) is 0 Å². The molecular formula is C15H20N2O2. The van der Waals surface area contributed by atoms with Gasteiger partial charge in [0.2, 0.25) is 5.91 Å². The molecule has 0 radical (unpaired) electrons. The number of ether oxygens (including phenoxy) is 1. The Balaban J connectivity index is 2.18. The summed E-state index contributed by atoms with van der Waals surface area (Å²) in [5, 5.41) is 11.6. The standard InChI is InChI=1S/C15H20N2O2/c1-12(2)14(11-16)15(18)17-9-6-10-19-13-7-4-3-5-8-13/h3-5,7-8,12,14H,6,9-10H2,1-2H3,(H,17,18). The molecule has 0 heterocycles. The van der Waals surface area contributed by atoms with E-state index in [0.29, 0.717) is 13.2 Å². The first-order valence-electron chi connectivity index (χ1n) is 6.50.